The summed E-state index contributed by atoms with van der Waals surface area (Å²) in [5.74, 6) is -0.480. The summed E-state index contributed by atoms with van der Waals surface area (Å²) in [6.45, 7) is 7.95. The molecule has 2 N–H and O–H groups in total. The van der Waals surface area contributed by atoms with E-state index in [1.165, 1.54) is 10.6 Å². The Morgan fingerprint density at radius 3 is 2.76 bits per heavy atom. The van der Waals surface area contributed by atoms with Gasteiger partial charge >= 0.3 is 0 Å². The van der Waals surface area contributed by atoms with Crippen molar-refractivity contribution >= 4 is 63.1 Å². The summed E-state index contributed by atoms with van der Waals surface area (Å²) in [5, 5.41) is 6.57. The smallest absolute Gasteiger partial charge is 0.276 e. The van der Waals surface area contributed by atoms with E-state index < -0.39 is 19.5 Å². The highest BCUT2D eigenvalue weighted by Crippen LogP contribution is 2.40. The van der Waals surface area contributed by atoms with Crippen LogP contribution in [0.2, 0.25) is 30.7 Å². The quantitative estimate of drug-likeness (QED) is 0.175. The molecule has 1 fully saturated rings. The van der Waals surface area contributed by atoms with Crippen molar-refractivity contribution in [3.05, 3.63) is 56.1 Å². The van der Waals surface area contributed by atoms with Crippen LogP contribution in [0.4, 0.5) is 10.1 Å². The van der Waals surface area contributed by atoms with E-state index in [0.29, 0.717) is 45.8 Å². The predicted molar refractivity (Wildman–Crippen MR) is 157 cm³/mol. The van der Waals surface area contributed by atoms with Crippen LogP contribution in [-0.4, -0.2) is 35.6 Å². The van der Waals surface area contributed by atoms with Gasteiger partial charge in [0.15, 0.2) is 0 Å². The molecule has 2 aromatic heterocycles. The van der Waals surface area contributed by atoms with Gasteiger partial charge in [0, 0.05) is 43.8 Å². The number of halogens is 3. The molecule has 0 saturated carbocycles. The number of fused-ring (bicyclic) bond motifs is 2. The molecule has 202 valence electrons. The second-order valence-corrected chi connectivity index (χ2v) is 17.8. The summed E-state index contributed by atoms with van der Waals surface area (Å²) in [6.07, 6.45) is 4.64. The molecule has 2 aromatic carbocycles. The summed E-state index contributed by atoms with van der Waals surface area (Å²) in [7, 11) is -1.32. The second-order valence-electron chi connectivity index (χ2n) is 10.9. The first-order chi connectivity index (χ1) is 18.0. The number of nitrogens with zero attached hydrogens (tertiary/aromatic N) is 3. The number of hydrogen-bond donors (Lipinski definition) is 1. The molecule has 0 radical (unpaired) electrons. The minimum Gasteiger partial charge on any atom is -0.394 e. The van der Waals surface area contributed by atoms with Gasteiger partial charge in [-0.25, -0.2) is 9.07 Å². The first-order valence-corrected chi connectivity index (χ1v) is 17.6. The zero-order valence-corrected chi connectivity index (χ0v) is 25.0. The maximum Gasteiger partial charge on any atom is 0.276 e. The van der Waals surface area contributed by atoms with Gasteiger partial charge in [0.2, 0.25) is 0 Å². The Morgan fingerprint density at radius 1 is 1.26 bits per heavy atom. The maximum atomic E-state index is 14.8. The van der Waals surface area contributed by atoms with Crippen LogP contribution in [0.5, 0.6) is 0 Å². The standard InChI is InChI=1S/C27H31BrClFN4O3Si/c1-38(2,3)11-10-36-15-33-22-13-21(30)19(28)12-17(22)24(25(31)27(33)35)16-7-8-20(29)26-18(16)14-34(32-26)23-6-4-5-9-37-23/h7-8,12-14,23H,4-6,9-11,15,31H2,1-3H3. The van der Waals surface area contributed by atoms with Crippen molar-refractivity contribution in [1.82, 2.24) is 14.3 Å². The lowest BCUT2D eigenvalue weighted by Gasteiger charge is -2.22. The normalized spacial score (nSPS) is 16.5. The first kappa shape index (κ1) is 27.3. The van der Waals surface area contributed by atoms with Crippen LogP contribution < -0.4 is 11.3 Å². The molecule has 11 heteroatoms. The third kappa shape index (κ3) is 5.29. The van der Waals surface area contributed by atoms with Gasteiger partial charge in [-0.05, 0) is 65.0 Å². The van der Waals surface area contributed by atoms with E-state index in [2.05, 4.69) is 35.6 Å². The fourth-order valence-corrected chi connectivity index (χ4v) is 6.11. The zero-order chi connectivity index (χ0) is 27.2. The van der Waals surface area contributed by atoms with E-state index in [1.807, 2.05) is 12.3 Å². The number of rotatable bonds is 7. The van der Waals surface area contributed by atoms with Crippen LogP contribution in [0.25, 0.3) is 32.9 Å². The Bertz CT molecular complexity index is 1580. The minimum absolute atomic E-state index is 0.0155. The lowest BCUT2D eigenvalue weighted by Crippen LogP contribution is -2.27. The van der Waals surface area contributed by atoms with Crippen LogP contribution >= 0.6 is 27.5 Å². The van der Waals surface area contributed by atoms with Crippen molar-refractivity contribution in [2.45, 2.75) is 57.9 Å². The highest BCUT2D eigenvalue weighted by atomic mass is 79.9. The van der Waals surface area contributed by atoms with Crippen LogP contribution in [0.1, 0.15) is 25.5 Å². The molecule has 0 spiro atoms. The topological polar surface area (TPSA) is 84.3 Å². The third-order valence-electron chi connectivity index (χ3n) is 6.93. The van der Waals surface area contributed by atoms with Crippen molar-refractivity contribution in [3.63, 3.8) is 0 Å². The van der Waals surface area contributed by atoms with E-state index in [4.69, 9.17) is 31.9 Å². The Morgan fingerprint density at radius 2 is 2.05 bits per heavy atom. The minimum atomic E-state index is -1.32. The third-order valence-corrected chi connectivity index (χ3v) is 9.54. The van der Waals surface area contributed by atoms with Gasteiger partial charge in [0.05, 0.1) is 15.0 Å². The SMILES string of the molecule is C[Si](C)(C)CCOCn1c(=O)c(N)c(-c2ccc(Cl)c3nn(C4CCCCO4)cc23)c2cc(Br)c(F)cc21. The number of nitrogens with two attached hydrogens (primary N) is 1. The van der Waals surface area contributed by atoms with Crippen LogP contribution in [0, 0.1) is 5.82 Å². The van der Waals surface area contributed by atoms with E-state index in [0.717, 1.165) is 30.7 Å². The summed E-state index contributed by atoms with van der Waals surface area (Å²) in [6, 6.07) is 7.52. The molecule has 0 bridgehead atoms. The molecule has 1 saturated heterocycles. The van der Waals surface area contributed by atoms with Crippen molar-refractivity contribution in [2.24, 2.45) is 0 Å². The monoisotopic (exact) mass is 620 g/mol. The van der Waals surface area contributed by atoms with E-state index in [-0.39, 0.29) is 23.1 Å². The molecule has 38 heavy (non-hydrogen) atoms. The maximum absolute atomic E-state index is 14.8. The van der Waals surface area contributed by atoms with Gasteiger partial charge < -0.3 is 15.2 Å². The molecule has 5 rings (SSSR count). The highest BCUT2D eigenvalue weighted by molar-refractivity contribution is 9.10. The average Bonchev–Trinajstić information content (AvgIpc) is 3.33. The number of hydrogen-bond acceptors (Lipinski definition) is 5. The lowest BCUT2D eigenvalue weighted by atomic mass is 9.96. The van der Waals surface area contributed by atoms with Crippen LogP contribution in [0.3, 0.4) is 0 Å². The van der Waals surface area contributed by atoms with Gasteiger partial charge in [0.25, 0.3) is 5.56 Å². The Kier molecular flexibility index (Phi) is 7.72. The Balaban J connectivity index is 1.68. The van der Waals surface area contributed by atoms with Crippen molar-refractivity contribution in [1.29, 1.82) is 0 Å². The van der Waals surface area contributed by atoms with Gasteiger partial charge in [0.1, 0.15) is 30.0 Å². The Hall–Kier alpha value is -2.24. The van der Waals surface area contributed by atoms with Crippen molar-refractivity contribution < 1.29 is 13.9 Å². The molecule has 1 atom stereocenters. The number of aromatic nitrogens is 3. The summed E-state index contributed by atoms with van der Waals surface area (Å²) < 4.78 is 30.0. The first-order valence-electron chi connectivity index (χ1n) is 12.7. The molecule has 3 heterocycles. The van der Waals surface area contributed by atoms with E-state index in [1.54, 1.807) is 16.8 Å². The molecule has 0 aliphatic carbocycles. The number of benzene rings is 2. The molecular formula is C27H31BrClFN4O3Si. The second kappa shape index (κ2) is 10.7. The number of nitrogen functional groups attached to an aromatic ring is 1. The molecule has 1 aliphatic rings. The lowest BCUT2D eigenvalue weighted by molar-refractivity contribution is -0.0390. The largest absolute Gasteiger partial charge is 0.394 e. The summed E-state index contributed by atoms with van der Waals surface area (Å²) in [4.78, 5) is 13.6. The zero-order valence-electron chi connectivity index (χ0n) is 21.7. The molecule has 1 unspecified atom stereocenters. The molecule has 4 aromatic rings. The summed E-state index contributed by atoms with van der Waals surface area (Å²) >= 11 is 9.86. The predicted octanol–water partition coefficient (Wildman–Crippen LogP) is 7.17. The fraction of sp³-hybridized carbons (Fsp3) is 0.407. The molecule has 7 nitrogen and oxygen atoms in total. The van der Waals surface area contributed by atoms with E-state index >= 15 is 0 Å². The highest BCUT2D eigenvalue weighted by Gasteiger charge is 2.24. The number of pyridine rings is 1. The fourth-order valence-electron chi connectivity index (χ4n) is 4.81. The van der Waals surface area contributed by atoms with Gasteiger partial charge in [-0.3, -0.25) is 9.36 Å². The average molecular weight is 622 g/mol. The van der Waals surface area contributed by atoms with Crippen LogP contribution in [-0.2, 0) is 16.2 Å². The number of ether oxygens (including phenoxy) is 2. The van der Waals surface area contributed by atoms with Gasteiger partial charge in [-0.1, -0.05) is 37.3 Å². The molecule has 1 aliphatic heterocycles. The molecule has 0 amide bonds. The van der Waals surface area contributed by atoms with Gasteiger partial charge in [-0.2, -0.15) is 5.10 Å². The van der Waals surface area contributed by atoms with Crippen molar-refractivity contribution in [2.75, 3.05) is 18.9 Å². The summed E-state index contributed by atoms with van der Waals surface area (Å²) in [5.41, 5.74) is 8.35. The Labute approximate surface area is 234 Å². The number of anilines is 1. The molecular weight excluding hydrogens is 591 g/mol. The van der Waals surface area contributed by atoms with Crippen LogP contribution in [0.15, 0.2) is 39.7 Å². The van der Waals surface area contributed by atoms with Crippen molar-refractivity contribution in [3.8, 4) is 11.1 Å². The van der Waals surface area contributed by atoms with Gasteiger partial charge in [-0.15, -0.1) is 0 Å². The van der Waals surface area contributed by atoms with E-state index in [9.17, 15) is 9.18 Å².